The van der Waals surface area contributed by atoms with E-state index in [1.54, 1.807) is 0 Å². The lowest BCUT2D eigenvalue weighted by molar-refractivity contribution is -0.917. The summed E-state index contributed by atoms with van der Waals surface area (Å²) < 4.78 is 5.73. The third-order valence-corrected chi connectivity index (χ3v) is 5.72. The predicted octanol–water partition coefficient (Wildman–Crippen LogP) is 2.56. The molecule has 1 saturated heterocycles. The first-order valence-electron chi connectivity index (χ1n) is 10.3. The topological polar surface area (TPSA) is 63.7 Å². The Morgan fingerprint density at radius 1 is 1.13 bits per heavy atom. The van der Waals surface area contributed by atoms with Gasteiger partial charge < -0.3 is 14.2 Å². The molecule has 1 aliphatic rings. The maximum absolute atomic E-state index is 12.6. The number of carbonyl (C=O) groups is 1. The van der Waals surface area contributed by atoms with E-state index in [9.17, 15) is 4.79 Å². The molecule has 1 aliphatic heterocycles. The maximum atomic E-state index is 12.6. The van der Waals surface area contributed by atoms with Crippen LogP contribution in [0.1, 0.15) is 23.4 Å². The second kappa shape index (κ2) is 9.41. The lowest BCUT2D eigenvalue weighted by Gasteiger charge is -2.32. The first-order valence-corrected chi connectivity index (χ1v) is 10.7. The number of aryl methyl sites for hydroxylation is 2. The van der Waals surface area contributed by atoms with Gasteiger partial charge in [0.1, 0.15) is 6.54 Å². The number of aromatic nitrogens is 2. The van der Waals surface area contributed by atoms with Gasteiger partial charge in [0.2, 0.25) is 17.7 Å². The minimum absolute atomic E-state index is 0.145. The fourth-order valence-electron chi connectivity index (χ4n) is 3.72. The van der Waals surface area contributed by atoms with Crippen LogP contribution in [-0.4, -0.2) is 47.2 Å². The molecule has 30 heavy (non-hydrogen) atoms. The number of nitrogens with zero attached hydrogens (tertiary/aromatic N) is 3. The van der Waals surface area contributed by atoms with E-state index in [-0.39, 0.29) is 5.91 Å². The monoisotopic (exact) mass is 425 g/mol. The molecule has 2 aromatic carbocycles. The summed E-state index contributed by atoms with van der Waals surface area (Å²) in [6.07, 6.45) is 0.854. The zero-order chi connectivity index (χ0) is 20.9. The van der Waals surface area contributed by atoms with Gasteiger partial charge in [-0.15, -0.1) is 10.2 Å². The van der Waals surface area contributed by atoms with Gasteiger partial charge in [0.15, 0.2) is 0 Å². The Morgan fingerprint density at radius 3 is 2.63 bits per heavy atom. The summed E-state index contributed by atoms with van der Waals surface area (Å²) in [6.45, 7) is 6.40. The highest BCUT2D eigenvalue weighted by molar-refractivity contribution is 6.30. The van der Waals surface area contributed by atoms with Crippen LogP contribution in [0.5, 0.6) is 0 Å². The number of halogens is 1. The van der Waals surface area contributed by atoms with Crippen LogP contribution in [0.25, 0.3) is 11.5 Å². The highest BCUT2D eigenvalue weighted by Crippen LogP contribution is 2.19. The Hall–Kier alpha value is -2.70. The van der Waals surface area contributed by atoms with Gasteiger partial charge in [-0.1, -0.05) is 41.4 Å². The highest BCUT2D eigenvalue weighted by Gasteiger charge is 2.24. The zero-order valence-corrected chi connectivity index (χ0v) is 17.9. The average molecular weight is 426 g/mol. The lowest BCUT2D eigenvalue weighted by Crippen LogP contribution is -3.13. The van der Waals surface area contributed by atoms with Gasteiger partial charge in [-0.05, 0) is 31.2 Å². The molecule has 7 heteroatoms. The molecule has 0 atom stereocenters. The van der Waals surface area contributed by atoms with Gasteiger partial charge in [0.05, 0.1) is 26.2 Å². The summed E-state index contributed by atoms with van der Waals surface area (Å²) in [5.41, 5.74) is 3.31. The number of quaternary nitrogens is 1. The van der Waals surface area contributed by atoms with Gasteiger partial charge in [-0.3, -0.25) is 4.79 Å². The van der Waals surface area contributed by atoms with E-state index in [2.05, 4.69) is 16.3 Å². The largest absolute Gasteiger partial charge is 0.421 e. The first kappa shape index (κ1) is 20.6. The minimum Gasteiger partial charge on any atom is -0.421 e. The van der Waals surface area contributed by atoms with Crippen LogP contribution >= 0.6 is 11.6 Å². The molecule has 0 saturated carbocycles. The van der Waals surface area contributed by atoms with Crippen LogP contribution in [-0.2, 0) is 17.8 Å². The van der Waals surface area contributed by atoms with Gasteiger partial charge in [-0.25, -0.2) is 0 Å². The summed E-state index contributed by atoms with van der Waals surface area (Å²) in [6, 6.07) is 15.9. The lowest BCUT2D eigenvalue weighted by atomic mass is 10.1. The molecule has 0 bridgehead atoms. The number of piperazine rings is 1. The zero-order valence-electron chi connectivity index (χ0n) is 17.1. The SMILES string of the molecule is Cc1ccc(-c2nnc(CCC(=O)N3CC[NH+](Cc4cccc(Cl)c4)CC3)o2)cc1. The van der Waals surface area contributed by atoms with Crippen molar-refractivity contribution in [3.8, 4) is 11.5 Å². The van der Waals surface area contributed by atoms with E-state index in [0.29, 0.717) is 24.6 Å². The molecule has 0 spiro atoms. The number of amides is 1. The van der Waals surface area contributed by atoms with Crippen LogP contribution in [0, 0.1) is 6.92 Å². The minimum atomic E-state index is 0.145. The van der Waals surface area contributed by atoms with E-state index >= 15 is 0 Å². The molecule has 1 aromatic heterocycles. The standard InChI is InChI=1S/C23H25ClN4O2/c1-17-5-7-19(8-6-17)23-26-25-21(30-23)9-10-22(29)28-13-11-27(12-14-28)16-18-3-2-4-20(24)15-18/h2-8,15H,9-14,16H2,1H3/p+1. The molecular weight excluding hydrogens is 400 g/mol. The molecular formula is C23H26ClN4O2+. The number of carbonyl (C=O) groups excluding carboxylic acids is 1. The molecule has 6 nitrogen and oxygen atoms in total. The van der Waals surface area contributed by atoms with E-state index in [0.717, 1.165) is 43.3 Å². The van der Waals surface area contributed by atoms with Crippen molar-refractivity contribution in [1.29, 1.82) is 0 Å². The fourth-order valence-corrected chi connectivity index (χ4v) is 3.94. The van der Waals surface area contributed by atoms with Crippen LogP contribution in [0.2, 0.25) is 5.02 Å². The molecule has 1 amide bonds. The van der Waals surface area contributed by atoms with Gasteiger partial charge >= 0.3 is 0 Å². The average Bonchev–Trinajstić information content (AvgIpc) is 3.22. The Kier molecular flexibility index (Phi) is 6.45. The molecule has 156 valence electrons. The Morgan fingerprint density at radius 2 is 1.90 bits per heavy atom. The first-order chi connectivity index (χ1) is 14.6. The molecule has 4 rings (SSSR count). The Bertz CT molecular complexity index is 994. The number of hydrogen-bond donors (Lipinski definition) is 1. The highest BCUT2D eigenvalue weighted by atomic mass is 35.5. The van der Waals surface area contributed by atoms with Crippen molar-refractivity contribution in [2.45, 2.75) is 26.3 Å². The van der Waals surface area contributed by atoms with E-state index in [1.807, 2.05) is 54.3 Å². The van der Waals surface area contributed by atoms with Crippen molar-refractivity contribution in [2.24, 2.45) is 0 Å². The normalized spacial score (nSPS) is 14.8. The summed E-state index contributed by atoms with van der Waals surface area (Å²) in [5.74, 6) is 1.15. The molecule has 1 N–H and O–H groups in total. The quantitative estimate of drug-likeness (QED) is 0.659. The van der Waals surface area contributed by atoms with E-state index < -0.39 is 0 Å². The van der Waals surface area contributed by atoms with Crippen molar-refractivity contribution in [2.75, 3.05) is 26.2 Å². The van der Waals surface area contributed by atoms with Crippen molar-refractivity contribution < 1.29 is 14.1 Å². The van der Waals surface area contributed by atoms with Crippen molar-refractivity contribution >= 4 is 17.5 Å². The van der Waals surface area contributed by atoms with Crippen LogP contribution in [0.4, 0.5) is 0 Å². The second-order valence-electron chi connectivity index (χ2n) is 7.80. The summed E-state index contributed by atoms with van der Waals surface area (Å²) in [4.78, 5) is 16.0. The molecule has 0 radical (unpaired) electrons. The van der Waals surface area contributed by atoms with Crippen LogP contribution in [0.3, 0.4) is 0 Å². The third-order valence-electron chi connectivity index (χ3n) is 5.48. The molecule has 0 unspecified atom stereocenters. The molecule has 0 aliphatic carbocycles. The van der Waals surface area contributed by atoms with Crippen molar-refractivity contribution in [3.05, 3.63) is 70.6 Å². The number of rotatable bonds is 6. The van der Waals surface area contributed by atoms with Gasteiger partial charge in [-0.2, -0.15) is 0 Å². The van der Waals surface area contributed by atoms with Gasteiger partial charge in [0, 0.05) is 29.0 Å². The van der Waals surface area contributed by atoms with Crippen molar-refractivity contribution in [1.82, 2.24) is 15.1 Å². The number of hydrogen-bond acceptors (Lipinski definition) is 4. The smallest absolute Gasteiger partial charge is 0.247 e. The predicted molar refractivity (Wildman–Crippen MR) is 115 cm³/mol. The maximum Gasteiger partial charge on any atom is 0.247 e. The Labute approximate surface area is 181 Å². The molecule has 2 heterocycles. The molecule has 3 aromatic rings. The third kappa shape index (κ3) is 5.26. The number of benzene rings is 2. The second-order valence-corrected chi connectivity index (χ2v) is 8.24. The van der Waals surface area contributed by atoms with Crippen LogP contribution in [0.15, 0.2) is 52.9 Å². The van der Waals surface area contributed by atoms with Gasteiger partial charge in [0.25, 0.3) is 0 Å². The van der Waals surface area contributed by atoms with Crippen molar-refractivity contribution in [3.63, 3.8) is 0 Å². The Balaban J connectivity index is 1.24. The summed E-state index contributed by atoms with van der Waals surface area (Å²) >= 11 is 6.08. The fraction of sp³-hybridized carbons (Fsp3) is 0.348. The molecule has 1 fully saturated rings. The van der Waals surface area contributed by atoms with E-state index in [4.69, 9.17) is 16.0 Å². The van der Waals surface area contributed by atoms with E-state index in [1.165, 1.54) is 16.0 Å². The number of nitrogens with one attached hydrogen (secondary N) is 1. The summed E-state index contributed by atoms with van der Waals surface area (Å²) in [5, 5.41) is 8.97. The summed E-state index contributed by atoms with van der Waals surface area (Å²) in [7, 11) is 0. The van der Waals surface area contributed by atoms with Crippen LogP contribution < -0.4 is 4.90 Å².